The predicted molar refractivity (Wildman–Crippen MR) is 67.6 cm³/mol. The van der Waals surface area contributed by atoms with Gasteiger partial charge in [-0.05, 0) is 18.8 Å². The number of hydrogen-bond acceptors (Lipinski definition) is 4. The van der Waals surface area contributed by atoms with Crippen molar-refractivity contribution >= 4 is 11.9 Å². The Morgan fingerprint density at radius 1 is 0.941 bits per heavy atom. The van der Waals surface area contributed by atoms with Gasteiger partial charge in [0.25, 0.3) is 0 Å². The van der Waals surface area contributed by atoms with E-state index in [1.165, 1.54) is 7.11 Å². The number of hydrogen-bond donors (Lipinski definition) is 0. The lowest BCUT2D eigenvalue weighted by Crippen LogP contribution is -2.06. The zero-order valence-corrected chi connectivity index (χ0v) is 11.9. The molecular formula is C13H26O4. The van der Waals surface area contributed by atoms with Gasteiger partial charge in [-0.2, -0.15) is 0 Å². The molecule has 0 amide bonds. The van der Waals surface area contributed by atoms with E-state index in [0.29, 0.717) is 31.3 Å². The molecule has 0 heterocycles. The van der Waals surface area contributed by atoms with E-state index in [-0.39, 0.29) is 11.9 Å². The van der Waals surface area contributed by atoms with E-state index in [9.17, 15) is 9.59 Å². The monoisotopic (exact) mass is 246 g/mol. The molecule has 0 N–H and O–H groups in total. The van der Waals surface area contributed by atoms with Crippen molar-refractivity contribution in [2.45, 2.75) is 47.5 Å². The van der Waals surface area contributed by atoms with E-state index >= 15 is 0 Å². The summed E-state index contributed by atoms with van der Waals surface area (Å²) in [5.41, 5.74) is 0. The minimum atomic E-state index is -0.125. The molecule has 0 unspecified atom stereocenters. The first-order chi connectivity index (χ1) is 7.83. The number of ether oxygens (including phenoxy) is 2. The first-order valence-electron chi connectivity index (χ1n) is 6.05. The summed E-state index contributed by atoms with van der Waals surface area (Å²) in [7, 11) is 1.41. The van der Waals surface area contributed by atoms with Crippen LogP contribution in [-0.2, 0) is 19.1 Å². The lowest BCUT2D eigenvalue weighted by Gasteiger charge is -2.02. The summed E-state index contributed by atoms with van der Waals surface area (Å²) in [6.07, 6.45) is 1.06. The number of rotatable bonds is 5. The van der Waals surface area contributed by atoms with Gasteiger partial charge in [0.1, 0.15) is 0 Å². The molecule has 0 spiro atoms. The normalized spacial score (nSPS) is 9.65. The van der Waals surface area contributed by atoms with Crippen molar-refractivity contribution in [2.75, 3.05) is 13.7 Å². The summed E-state index contributed by atoms with van der Waals surface area (Å²) >= 11 is 0. The second-order valence-electron chi connectivity index (χ2n) is 4.58. The predicted octanol–water partition coefficient (Wildman–Crippen LogP) is 2.80. The Kier molecular flexibility index (Phi) is 12.3. The highest BCUT2D eigenvalue weighted by atomic mass is 16.5. The third-order valence-corrected chi connectivity index (χ3v) is 1.68. The molecule has 0 bridgehead atoms. The van der Waals surface area contributed by atoms with E-state index in [2.05, 4.69) is 4.74 Å². The molecule has 17 heavy (non-hydrogen) atoms. The largest absolute Gasteiger partial charge is 0.469 e. The number of carbonyl (C=O) groups excluding carboxylic acids is 2. The van der Waals surface area contributed by atoms with Gasteiger partial charge in [0.15, 0.2) is 0 Å². The first-order valence-corrected chi connectivity index (χ1v) is 6.05. The van der Waals surface area contributed by atoms with Gasteiger partial charge in [0.05, 0.1) is 13.7 Å². The summed E-state index contributed by atoms with van der Waals surface area (Å²) in [5, 5.41) is 0. The highest BCUT2D eigenvalue weighted by Gasteiger charge is 2.03. The summed E-state index contributed by atoms with van der Waals surface area (Å²) < 4.78 is 9.14. The molecule has 102 valence electrons. The van der Waals surface area contributed by atoms with Gasteiger partial charge in [0.2, 0.25) is 0 Å². The van der Waals surface area contributed by atoms with Gasteiger partial charge in [-0.3, -0.25) is 9.59 Å². The van der Waals surface area contributed by atoms with Crippen LogP contribution >= 0.6 is 0 Å². The standard InChI is InChI=1S/C7H14O2.C6H12O2/c1-4-9-7(8)5-6(2)3;1-5(2)4-6(7)8-3/h6H,4-5H2,1-3H3;5H,4H2,1-3H3. The summed E-state index contributed by atoms with van der Waals surface area (Å²) in [5.74, 6) is 0.596. The van der Waals surface area contributed by atoms with Gasteiger partial charge >= 0.3 is 11.9 Å². The molecule has 0 atom stereocenters. The summed E-state index contributed by atoms with van der Waals surface area (Å²) in [6.45, 7) is 10.3. The van der Waals surface area contributed by atoms with Crippen LogP contribution in [0, 0.1) is 11.8 Å². The fraction of sp³-hybridized carbons (Fsp3) is 0.846. The molecule has 0 aromatic heterocycles. The third-order valence-electron chi connectivity index (χ3n) is 1.68. The van der Waals surface area contributed by atoms with Crippen molar-refractivity contribution in [2.24, 2.45) is 11.8 Å². The maximum atomic E-state index is 10.6. The highest BCUT2D eigenvalue weighted by Crippen LogP contribution is 2.00. The quantitative estimate of drug-likeness (QED) is 0.700. The second kappa shape index (κ2) is 11.4. The Balaban J connectivity index is 0. The van der Waals surface area contributed by atoms with E-state index in [1.807, 2.05) is 34.6 Å². The van der Waals surface area contributed by atoms with Crippen molar-refractivity contribution in [1.82, 2.24) is 0 Å². The molecule has 0 saturated heterocycles. The van der Waals surface area contributed by atoms with Crippen LogP contribution in [0.3, 0.4) is 0 Å². The molecule has 4 heteroatoms. The maximum Gasteiger partial charge on any atom is 0.306 e. The maximum absolute atomic E-state index is 10.6. The molecule has 0 aromatic rings. The molecular weight excluding hydrogens is 220 g/mol. The third kappa shape index (κ3) is 17.5. The number of carbonyl (C=O) groups is 2. The van der Waals surface area contributed by atoms with Gasteiger partial charge in [-0.15, -0.1) is 0 Å². The second-order valence-corrected chi connectivity index (χ2v) is 4.58. The zero-order valence-electron chi connectivity index (χ0n) is 11.9. The van der Waals surface area contributed by atoms with Crippen molar-refractivity contribution in [3.05, 3.63) is 0 Å². The molecule has 0 saturated carbocycles. The van der Waals surface area contributed by atoms with E-state index < -0.39 is 0 Å². The Morgan fingerprint density at radius 2 is 1.35 bits per heavy atom. The van der Waals surface area contributed by atoms with E-state index in [1.54, 1.807) is 0 Å². The van der Waals surface area contributed by atoms with Crippen molar-refractivity contribution in [1.29, 1.82) is 0 Å². The first kappa shape index (κ1) is 18.3. The summed E-state index contributed by atoms with van der Waals surface area (Å²) in [4.78, 5) is 21.0. The van der Waals surface area contributed by atoms with Crippen LogP contribution in [-0.4, -0.2) is 25.7 Å². The average molecular weight is 246 g/mol. The van der Waals surface area contributed by atoms with Crippen molar-refractivity contribution in [3.8, 4) is 0 Å². The van der Waals surface area contributed by atoms with Crippen LogP contribution < -0.4 is 0 Å². The SMILES string of the molecule is CCOC(=O)CC(C)C.COC(=O)CC(C)C. The Hall–Kier alpha value is -1.06. The van der Waals surface area contributed by atoms with Crippen LogP contribution in [0.25, 0.3) is 0 Å². The molecule has 0 aliphatic rings. The topological polar surface area (TPSA) is 52.6 Å². The lowest BCUT2D eigenvalue weighted by molar-refractivity contribution is -0.144. The molecule has 0 fully saturated rings. The minimum Gasteiger partial charge on any atom is -0.469 e. The molecule has 0 aliphatic heterocycles. The van der Waals surface area contributed by atoms with Gasteiger partial charge in [-0.1, -0.05) is 27.7 Å². The molecule has 0 aliphatic carbocycles. The van der Waals surface area contributed by atoms with Gasteiger partial charge in [-0.25, -0.2) is 0 Å². The van der Waals surface area contributed by atoms with Crippen LogP contribution in [0.4, 0.5) is 0 Å². The minimum absolute atomic E-state index is 0.0903. The van der Waals surface area contributed by atoms with Gasteiger partial charge in [0, 0.05) is 12.8 Å². The zero-order chi connectivity index (χ0) is 13.8. The van der Waals surface area contributed by atoms with Gasteiger partial charge < -0.3 is 9.47 Å². The summed E-state index contributed by atoms with van der Waals surface area (Å²) in [6, 6.07) is 0. The highest BCUT2D eigenvalue weighted by molar-refractivity contribution is 5.69. The Bertz CT molecular complexity index is 209. The fourth-order valence-electron chi connectivity index (χ4n) is 0.970. The number of esters is 2. The van der Waals surface area contributed by atoms with Crippen molar-refractivity contribution in [3.63, 3.8) is 0 Å². The van der Waals surface area contributed by atoms with Crippen LogP contribution in [0.15, 0.2) is 0 Å². The molecule has 4 nitrogen and oxygen atoms in total. The van der Waals surface area contributed by atoms with Crippen molar-refractivity contribution < 1.29 is 19.1 Å². The van der Waals surface area contributed by atoms with E-state index in [0.717, 1.165) is 0 Å². The molecule has 0 radical (unpaired) electrons. The van der Waals surface area contributed by atoms with Crippen LogP contribution in [0.2, 0.25) is 0 Å². The Morgan fingerprint density at radius 3 is 1.59 bits per heavy atom. The van der Waals surface area contributed by atoms with Crippen LogP contribution in [0.5, 0.6) is 0 Å². The molecule has 0 rings (SSSR count). The Labute approximate surface area is 105 Å². The molecule has 0 aromatic carbocycles. The fourth-order valence-corrected chi connectivity index (χ4v) is 0.970. The average Bonchev–Trinajstić information content (AvgIpc) is 2.16. The van der Waals surface area contributed by atoms with Crippen LogP contribution in [0.1, 0.15) is 47.5 Å². The van der Waals surface area contributed by atoms with E-state index in [4.69, 9.17) is 4.74 Å². The number of methoxy groups -OCH3 is 1. The smallest absolute Gasteiger partial charge is 0.306 e. The lowest BCUT2D eigenvalue weighted by atomic mass is 10.1.